The topological polar surface area (TPSA) is 39.1 Å². The van der Waals surface area contributed by atoms with Crippen LogP contribution in [0.1, 0.15) is 12.1 Å². The van der Waals surface area contributed by atoms with Gasteiger partial charge in [0.2, 0.25) is 0 Å². The average Bonchev–Trinajstić information content (AvgIpc) is 2.52. The number of rotatable bonds is 6. The highest BCUT2D eigenvalue weighted by molar-refractivity contribution is 4.96. The van der Waals surface area contributed by atoms with Crippen LogP contribution in [0.3, 0.4) is 0 Å². The molecule has 0 aliphatic carbocycles. The second-order valence-corrected chi connectivity index (χ2v) is 3.02. The van der Waals surface area contributed by atoms with Crippen LogP contribution >= 0.6 is 0 Å². The monoisotopic (exact) mass is 183 g/mol. The third kappa shape index (κ3) is 3.57. The summed E-state index contributed by atoms with van der Waals surface area (Å²) < 4.78 is 6.96. The Labute approximate surface area is 78.9 Å². The van der Waals surface area contributed by atoms with Gasteiger partial charge in [-0.15, -0.1) is 0 Å². The number of hydrogen-bond acceptors (Lipinski definition) is 3. The lowest BCUT2D eigenvalue weighted by Gasteiger charge is -2.04. The van der Waals surface area contributed by atoms with Gasteiger partial charge in [-0.25, -0.2) is 4.98 Å². The number of ether oxygens (including phenoxy) is 1. The largest absolute Gasteiger partial charge is 0.385 e. The highest BCUT2D eigenvalue weighted by atomic mass is 16.5. The van der Waals surface area contributed by atoms with Crippen molar-refractivity contribution in [2.45, 2.75) is 13.0 Å². The molecule has 0 saturated heterocycles. The zero-order valence-electron chi connectivity index (χ0n) is 8.29. The quantitative estimate of drug-likeness (QED) is 0.654. The van der Waals surface area contributed by atoms with Crippen molar-refractivity contribution in [2.75, 3.05) is 20.3 Å². The molecule has 4 nitrogen and oxygen atoms in total. The van der Waals surface area contributed by atoms with Gasteiger partial charge in [-0.2, -0.15) is 0 Å². The average molecular weight is 183 g/mol. The Bertz CT molecular complexity index is 235. The fourth-order valence-electron chi connectivity index (χ4n) is 1.11. The smallest absolute Gasteiger partial charge is 0.0945 e. The summed E-state index contributed by atoms with van der Waals surface area (Å²) in [6.45, 7) is 2.68. The van der Waals surface area contributed by atoms with Crippen LogP contribution in [0.2, 0.25) is 0 Å². The Balaban J connectivity index is 2.10. The van der Waals surface area contributed by atoms with Crippen molar-refractivity contribution in [3.8, 4) is 0 Å². The number of nitrogens with one attached hydrogen (secondary N) is 1. The van der Waals surface area contributed by atoms with E-state index in [1.165, 1.54) is 5.69 Å². The molecule has 1 heterocycles. The van der Waals surface area contributed by atoms with Gasteiger partial charge in [0.15, 0.2) is 0 Å². The zero-order chi connectivity index (χ0) is 9.52. The minimum atomic E-state index is 0.818. The number of aryl methyl sites for hydroxylation is 1. The molecular weight excluding hydrogens is 166 g/mol. The van der Waals surface area contributed by atoms with Crippen molar-refractivity contribution in [2.24, 2.45) is 7.05 Å². The summed E-state index contributed by atoms with van der Waals surface area (Å²) in [7, 11) is 3.72. The molecule has 1 aromatic heterocycles. The molecule has 0 saturated carbocycles. The van der Waals surface area contributed by atoms with Crippen molar-refractivity contribution < 1.29 is 4.74 Å². The van der Waals surface area contributed by atoms with Crippen LogP contribution < -0.4 is 5.32 Å². The summed E-state index contributed by atoms with van der Waals surface area (Å²) in [5, 5.41) is 3.32. The van der Waals surface area contributed by atoms with E-state index < -0.39 is 0 Å². The maximum absolute atomic E-state index is 4.95. The van der Waals surface area contributed by atoms with Gasteiger partial charge in [0, 0.05) is 33.5 Å². The van der Waals surface area contributed by atoms with Crippen molar-refractivity contribution in [3.63, 3.8) is 0 Å². The molecule has 0 aliphatic rings. The maximum atomic E-state index is 4.95. The van der Waals surface area contributed by atoms with Crippen LogP contribution in [0.5, 0.6) is 0 Å². The molecular formula is C9H17N3O. The molecule has 4 heteroatoms. The van der Waals surface area contributed by atoms with Crippen LogP contribution in [0, 0.1) is 0 Å². The molecule has 0 atom stereocenters. The van der Waals surface area contributed by atoms with Gasteiger partial charge in [-0.1, -0.05) is 0 Å². The predicted molar refractivity (Wildman–Crippen MR) is 51.4 cm³/mol. The lowest BCUT2D eigenvalue weighted by molar-refractivity contribution is 0.194. The van der Waals surface area contributed by atoms with Crippen molar-refractivity contribution >= 4 is 0 Å². The highest BCUT2D eigenvalue weighted by Crippen LogP contribution is 1.94. The fourth-order valence-corrected chi connectivity index (χ4v) is 1.11. The summed E-state index contributed by atoms with van der Waals surface area (Å²) in [5.74, 6) is 0. The molecule has 0 unspecified atom stereocenters. The molecule has 0 aromatic carbocycles. The van der Waals surface area contributed by atoms with Gasteiger partial charge in [-0.05, 0) is 13.0 Å². The second-order valence-electron chi connectivity index (χ2n) is 3.02. The number of nitrogens with zero attached hydrogens (tertiary/aromatic N) is 2. The SMILES string of the molecule is COCCCNCc1cncn1C. The molecule has 0 bridgehead atoms. The zero-order valence-corrected chi connectivity index (χ0v) is 8.29. The van der Waals surface area contributed by atoms with E-state index in [0.717, 1.165) is 26.1 Å². The van der Waals surface area contributed by atoms with Crippen LogP contribution in [0.4, 0.5) is 0 Å². The van der Waals surface area contributed by atoms with Gasteiger partial charge in [0.1, 0.15) is 0 Å². The third-order valence-corrected chi connectivity index (χ3v) is 1.92. The first-order valence-corrected chi connectivity index (χ1v) is 4.49. The number of imidazole rings is 1. The van der Waals surface area contributed by atoms with Gasteiger partial charge in [0.05, 0.1) is 12.0 Å². The Hall–Kier alpha value is -0.870. The van der Waals surface area contributed by atoms with E-state index in [2.05, 4.69) is 10.3 Å². The molecule has 1 aromatic rings. The van der Waals surface area contributed by atoms with Crippen LogP contribution in [-0.4, -0.2) is 29.8 Å². The first-order valence-electron chi connectivity index (χ1n) is 4.49. The Morgan fingerprint density at radius 1 is 1.62 bits per heavy atom. The Morgan fingerprint density at radius 3 is 3.08 bits per heavy atom. The summed E-state index contributed by atoms with van der Waals surface area (Å²) in [6.07, 6.45) is 4.74. The van der Waals surface area contributed by atoms with E-state index in [-0.39, 0.29) is 0 Å². The van der Waals surface area contributed by atoms with Crippen molar-refractivity contribution in [3.05, 3.63) is 18.2 Å². The summed E-state index contributed by atoms with van der Waals surface area (Å²) in [4.78, 5) is 4.04. The highest BCUT2D eigenvalue weighted by Gasteiger charge is 1.95. The lowest BCUT2D eigenvalue weighted by Crippen LogP contribution is -2.17. The fraction of sp³-hybridized carbons (Fsp3) is 0.667. The van der Waals surface area contributed by atoms with Gasteiger partial charge in [-0.3, -0.25) is 0 Å². The minimum absolute atomic E-state index is 0.818. The van der Waals surface area contributed by atoms with Gasteiger partial charge < -0.3 is 14.6 Å². The predicted octanol–water partition coefficient (Wildman–Crippen LogP) is 0.546. The summed E-state index contributed by atoms with van der Waals surface area (Å²) in [5.41, 5.74) is 1.21. The normalized spacial score (nSPS) is 10.6. The third-order valence-electron chi connectivity index (χ3n) is 1.92. The molecule has 0 fully saturated rings. The number of hydrogen-bond donors (Lipinski definition) is 1. The molecule has 0 spiro atoms. The first kappa shape index (κ1) is 10.2. The van der Waals surface area contributed by atoms with E-state index in [1.807, 2.05) is 24.1 Å². The van der Waals surface area contributed by atoms with Gasteiger partial charge >= 0.3 is 0 Å². The molecule has 1 N–H and O–H groups in total. The first-order chi connectivity index (χ1) is 6.34. The van der Waals surface area contributed by atoms with Crippen molar-refractivity contribution in [1.29, 1.82) is 0 Å². The van der Waals surface area contributed by atoms with Crippen LogP contribution in [0.15, 0.2) is 12.5 Å². The van der Waals surface area contributed by atoms with Crippen molar-refractivity contribution in [1.82, 2.24) is 14.9 Å². The van der Waals surface area contributed by atoms with Crippen LogP contribution in [-0.2, 0) is 18.3 Å². The van der Waals surface area contributed by atoms with Crippen LogP contribution in [0.25, 0.3) is 0 Å². The van der Waals surface area contributed by atoms with E-state index in [4.69, 9.17) is 4.74 Å². The van der Waals surface area contributed by atoms with E-state index in [0.29, 0.717) is 0 Å². The van der Waals surface area contributed by atoms with E-state index in [1.54, 1.807) is 7.11 Å². The summed E-state index contributed by atoms with van der Waals surface area (Å²) in [6, 6.07) is 0. The van der Waals surface area contributed by atoms with E-state index in [9.17, 15) is 0 Å². The molecule has 13 heavy (non-hydrogen) atoms. The summed E-state index contributed by atoms with van der Waals surface area (Å²) >= 11 is 0. The Kier molecular flexibility index (Phi) is 4.49. The number of aromatic nitrogens is 2. The molecule has 0 aliphatic heterocycles. The maximum Gasteiger partial charge on any atom is 0.0945 e. The van der Waals surface area contributed by atoms with Gasteiger partial charge in [0.25, 0.3) is 0 Å². The second kappa shape index (κ2) is 5.72. The number of methoxy groups -OCH3 is 1. The minimum Gasteiger partial charge on any atom is -0.385 e. The standard InChI is InChI=1S/C9H17N3O/c1-12-8-11-7-9(12)6-10-4-3-5-13-2/h7-8,10H,3-6H2,1-2H3. The molecule has 1 rings (SSSR count). The molecule has 74 valence electrons. The Morgan fingerprint density at radius 2 is 2.46 bits per heavy atom. The molecule has 0 amide bonds. The lowest BCUT2D eigenvalue weighted by atomic mass is 10.4. The van der Waals surface area contributed by atoms with E-state index >= 15 is 0 Å². The molecule has 0 radical (unpaired) electrons.